The van der Waals surface area contributed by atoms with Gasteiger partial charge in [0.1, 0.15) is 11.2 Å². The molecular weight excluding hydrogens is 597 g/mol. The average Bonchev–Trinajstić information content (AvgIpc) is 3.83. The summed E-state index contributed by atoms with van der Waals surface area (Å²) in [5.74, 6) is 0. The number of nitrogens with zero attached hydrogens (tertiary/aromatic N) is 2. The van der Waals surface area contributed by atoms with Crippen LogP contribution in [-0.2, 0) is 0 Å². The summed E-state index contributed by atoms with van der Waals surface area (Å²) in [6.45, 7) is 0. The van der Waals surface area contributed by atoms with Crippen molar-refractivity contribution in [3.05, 3.63) is 170 Å². The van der Waals surface area contributed by atoms with E-state index in [1.807, 2.05) is 6.07 Å². The molecule has 11 aromatic rings. The molecule has 3 heteroatoms. The zero-order valence-corrected chi connectivity index (χ0v) is 26.5. The number of aromatic nitrogens is 2. The molecular formula is C46H28N2O. The van der Waals surface area contributed by atoms with E-state index < -0.39 is 0 Å². The Bertz CT molecular complexity index is 3100. The van der Waals surface area contributed by atoms with Crippen molar-refractivity contribution in [1.82, 2.24) is 9.13 Å². The molecule has 0 spiro atoms. The molecule has 0 unspecified atom stereocenters. The van der Waals surface area contributed by atoms with Gasteiger partial charge >= 0.3 is 0 Å². The molecule has 0 N–H and O–H groups in total. The summed E-state index contributed by atoms with van der Waals surface area (Å²) in [6, 6.07) is 61.2. The first-order valence-corrected chi connectivity index (χ1v) is 16.8. The van der Waals surface area contributed by atoms with Crippen LogP contribution in [0.25, 0.3) is 98.8 Å². The molecule has 3 heterocycles. The summed E-state index contributed by atoms with van der Waals surface area (Å²) in [5.41, 5.74) is 11.2. The van der Waals surface area contributed by atoms with Crippen molar-refractivity contribution in [2.24, 2.45) is 0 Å². The number of para-hydroxylation sites is 4. The first-order valence-electron chi connectivity index (χ1n) is 16.8. The van der Waals surface area contributed by atoms with Gasteiger partial charge in [-0.15, -0.1) is 0 Å². The minimum atomic E-state index is 0.904. The second-order valence-corrected chi connectivity index (χ2v) is 12.9. The van der Waals surface area contributed by atoms with Gasteiger partial charge in [-0.1, -0.05) is 121 Å². The highest BCUT2D eigenvalue weighted by Crippen LogP contribution is 2.47. The van der Waals surface area contributed by atoms with Crippen molar-refractivity contribution in [2.45, 2.75) is 0 Å². The molecule has 0 atom stereocenters. The second-order valence-electron chi connectivity index (χ2n) is 12.9. The number of hydrogen-bond acceptors (Lipinski definition) is 1. The van der Waals surface area contributed by atoms with Crippen LogP contribution >= 0.6 is 0 Å². The van der Waals surface area contributed by atoms with E-state index in [1.165, 1.54) is 59.9 Å². The maximum atomic E-state index is 6.30. The third-order valence-corrected chi connectivity index (χ3v) is 10.3. The van der Waals surface area contributed by atoms with Crippen LogP contribution < -0.4 is 0 Å². The number of hydrogen-bond donors (Lipinski definition) is 0. The van der Waals surface area contributed by atoms with Gasteiger partial charge in [-0.3, -0.25) is 0 Å². The smallest absolute Gasteiger partial charge is 0.136 e. The first-order chi connectivity index (χ1) is 24.3. The Labute approximate surface area is 281 Å². The van der Waals surface area contributed by atoms with Crippen molar-refractivity contribution >= 4 is 76.3 Å². The van der Waals surface area contributed by atoms with E-state index in [0.29, 0.717) is 0 Å². The van der Waals surface area contributed by atoms with Gasteiger partial charge in [0.05, 0.1) is 22.1 Å². The Morgan fingerprint density at radius 3 is 1.55 bits per heavy atom. The molecule has 11 rings (SSSR count). The van der Waals surface area contributed by atoms with Crippen molar-refractivity contribution in [1.29, 1.82) is 0 Å². The lowest BCUT2D eigenvalue weighted by molar-refractivity contribution is 0.669. The molecule has 0 saturated heterocycles. The lowest BCUT2D eigenvalue weighted by atomic mass is 9.98. The van der Waals surface area contributed by atoms with Crippen LogP contribution in [0.1, 0.15) is 0 Å². The van der Waals surface area contributed by atoms with Crippen LogP contribution in [0.4, 0.5) is 0 Å². The fraction of sp³-hybridized carbons (Fsp3) is 0. The summed E-state index contributed by atoms with van der Waals surface area (Å²) < 4.78 is 11.3. The Balaban J connectivity index is 1.33. The molecule has 0 aliphatic heterocycles. The lowest BCUT2D eigenvalue weighted by Crippen LogP contribution is -1.99. The Kier molecular flexibility index (Phi) is 5.38. The predicted molar refractivity (Wildman–Crippen MR) is 205 cm³/mol. The zero-order valence-electron chi connectivity index (χ0n) is 26.5. The molecule has 0 aliphatic carbocycles. The van der Waals surface area contributed by atoms with Crippen molar-refractivity contribution in [3.8, 4) is 22.5 Å². The van der Waals surface area contributed by atoms with Crippen molar-refractivity contribution in [2.75, 3.05) is 0 Å². The van der Waals surface area contributed by atoms with Gasteiger partial charge in [-0.05, 0) is 70.4 Å². The largest absolute Gasteiger partial charge is 0.456 e. The summed E-state index contributed by atoms with van der Waals surface area (Å²) in [6.07, 6.45) is 0. The molecule has 3 nitrogen and oxygen atoms in total. The van der Waals surface area contributed by atoms with E-state index in [0.717, 1.165) is 38.9 Å². The summed E-state index contributed by atoms with van der Waals surface area (Å²) in [7, 11) is 0. The second kappa shape index (κ2) is 9.96. The molecule has 0 aliphatic rings. The van der Waals surface area contributed by atoms with Gasteiger partial charge in [0.15, 0.2) is 0 Å². The fourth-order valence-electron chi connectivity index (χ4n) is 8.33. The molecule has 228 valence electrons. The Hall–Kier alpha value is -6.58. The van der Waals surface area contributed by atoms with E-state index in [4.69, 9.17) is 4.42 Å². The van der Waals surface area contributed by atoms with Crippen molar-refractivity contribution < 1.29 is 4.42 Å². The summed E-state index contributed by atoms with van der Waals surface area (Å²) >= 11 is 0. The van der Waals surface area contributed by atoms with Gasteiger partial charge in [0.2, 0.25) is 0 Å². The first kappa shape index (κ1) is 26.5. The SMILES string of the molecule is c1ccc(-n2c3ccccc3c3c4ccccc4c4c5ccccc5n(-c5cccc(-c6cccc7oc8ccccc8c67)c5)c4c32)cc1. The third-order valence-electron chi connectivity index (χ3n) is 10.3. The fourth-order valence-corrected chi connectivity index (χ4v) is 8.33. The standard InChI is InChI=1S/C46H28N2O/c1-2-15-30(16-3-1)47-38-24-9-6-20-35(38)43-33-18-4-5-19-34(33)44-36-21-7-10-25-39(36)48(46(44)45(43)47)31-17-12-14-29(28-31)32-23-13-27-41-42(32)37-22-8-11-26-40(37)49-41/h1-28H. The average molecular weight is 625 g/mol. The van der Waals surface area contributed by atoms with E-state index in [1.54, 1.807) is 0 Å². The topological polar surface area (TPSA) is 23.0 Å². The van der Waals surface area contributed by atoms with E-state index in [9.17, 15) is 0 Å². The van der Waals surface area contributed by atoms with E-state index in [-0.39, 0.29) is 0 Å². The maximum Gasteiger partial charge on any atom is 0.136 e. The Morgan fingerprint density at radius 2 is 0.857 bits per heavy atom. The highest BCUT2D eigenvalue weighted by Gasteiger charge is 2.24. The monoisotopic (exact) mass is 624 g/mol. The summed E-state index contributed by atoms with van der Waals surface area (Å²) in [4.78, 5) is 0. The van der Waals surface area contributed by atoms with Gasteiger partial charge in [-0.25, -0.2) is 0 Å². The van der Waals surface area contributed by atoms with Gasteiger partial charge in [0, 0.05) is 43.7 Å². The van der Waals surface area contributed by atoms with Crippen LogP contribution in [0.3, 0.4) is 0 Å². The molecule has 0 saturated carbocycles. The maximum absolute atomic E-state index is 6.30. The number of rotatable bonds is 3. The summed E-state index contributed by atoms with van der Waals surface area (Å²) in [5, 5.41) is 9.86. The predicted octanol–water partition coefficient (Wildman–Crippen LogP) is 12.6. The van der Waals surface area contributed by atoms with E-state index in [2.05, 4.69) is 173 Å². The van der Waals surface area contributed by atoms with Crippen LogP contribution in [0.5, 0.6) is 0 Å². The van der Waals surface area contributed by atoms with Gasteiger partial charge < -0.3 is 13.6 Å². The van der Waals surface area contributed by atoms with Crippen LogP contribution in [0.15, 0.2) is 174 Å². The highest BCUT2D eigenvalue weighted by molar-refractivity contribution is 6.36. The molecule has 0 bridgehead atoms. The van der Waals surface area contributed by atoms with Crippen LogP contribution in [0.2, 0.25) is 0 Å². The Morgan fingerprint density at radius 1 is 0.347 bits per heavy atom. The zero-order chi connectivity index (χ0) is 32.1. The van der Waals surface area contributed by atoms with E-state index >= 15 is 0 Å². The third kappa shape index (κ3) is 3.62. The van der Waals surface area contributed by atoms with Crippen LogP contribution in [0, 0.1) is 0 Å². The minimum absolute atomic E-state index is 0.904. The van der Waals surface area contributed by atoms with Crippen molar-refractivity contribution in [3.63, 3.8) is 0 Å². The number of benzene rings is 8. The molecule has 3 aromatic heterocycles. The highest BCUT2D eigenvalue weighted by atomic mass is 16.3. The molecule has 0 amide bonds. The molecule has 0 fully saturated rings. The lowest BCUT2D eigenvalue weighted by Gasteiger charge is -2.15. The molecule has 0 radical (unpaired) electrons. The number of furan rings is 1. The molecule has 8 aromatic carbocycles. The van der Waals surface area contributed by atoms with Crippen LogP contribution in [-0.4, -0.2) is 9.13 Å². The van der Waals surface area contributed by atoms with Gasteiger partial charge in [-0.2, -0.15) is 0 Å². The number of fused-ring (bicyclic) bond motifs is 13. The van der Waals surface area contributed by atoms with Gasteiger partial charge in [0.25, 0.3) is 0 Å². The minimum Gasteiger partial charge on any atom is -0.456 e. The quantitative estimate of drug-likeness (QED) is 0.192. The normalized spacial score (nSPS) is 12.1. The molecule has 49 heavy (non-hydrogen) atoms.